The molecule has 0 aromatic rings. The Morgan fingerprint density at radius 3 is 2.21 bits per heavy atom. The molecular formula is C24H39N5O4. The van der Waals surface area contributed by atoms with Crippen molar-refractivity contribution in [3.05, 3.63) is 0 Å². The smallest absolute Gasteiger partial charge is 0.317 e. The van der Waals surface area contributed by atoms with Gasteiger partial charge in [0.25, 0.3) is 0 Å². The fourth-order valence-electron chi connectivity index (χ4n) is 5.73. The lowest BCUT2D eigenvalue weighted by Crippen LogP contribution is -2.65. The zero-order valence-corrected chi connectivity index (χ0v) is 19.7. The van der Waals surface area contributed by atoms with Crippen molar-refractivity contribution in [3.8, 4) is 0 Å². The minimum absolute atomic E-state index is 0.0234. The lowest BCUT2D eigenvalue weighted by atomic mass is 9.87. The summed E-state index contributed by atoms with van der Waals surface area (Å²) in [7, 11) is 0. The highest BCUT2D eigenvalue weighted by Crippen LogP contribution is 2.27. The quantitative estimate of drug-likeness (QED) is 0.589. The van der Waals surface area contributed by atoms with Gasteiger partial charge in [-0.3, -0.25) is 14.4 Å². The van der Waals surface area contributed by atoms with Crippen molar-refractivity contribution in [3.63, 3.8) is 0 Å². The molecular weight excluding hydrogens is 422 g/mol. The zero-order valence-electron chi connectivity index (χ0n) is 19.7. The molecule has 2 saturated carbocycles. The number of piperidine rings is 1. The molecule has 4 fully saturated rings. The molecule has 0 unspecified atom stereocenters. The molecule has 2 aliphatic carbocycles. The van der Waals surface area contributed by atoms with Crippen molar-refractivity contribution in [2.24, 2.45) is 5.92 Å². The van der Waals surface area contributed by atoms with Crippen LogP contribution in [0.5, 0.6) is 0 Å². The number of carbonyl (C=O) groups excluding carboxylic acids is 4. The molecule has 9 heteroatoms. The first-order valence-corrected chi connectivity index (χ1v) is 13.0. The third kappa shape index (κ3) is 5.98. The Bertz CT molecular complexity index is 732. The Morgan fingerprint density at radius 2 is 1.52 bits per heavy atom. The summed E-state index contributed by atoms with van der Waals surface area (Å²) in [4.78, 5) is 55.2. The summed E-state index contributed by atoms with van der Waals surface area (Å²) < 4.78 is 0. The van der Waals surface area contributed by atoms with E-state index in [1.165, 1.54) is 6.42 Å². The average Bonchev–Trinajstić information content (AvgIpc) is 2.85. The number of hydrogen-bond acceptors (Lipinski definition) is 4. The van der Waals surface area contributed by atoms with Crippen molar-refractivity contribution in [1.82, 2.24) is 25.8 Å². The zero-order chi connectivity index (χ0) is 23.2. The minimum atomic E-state index is -0.764. The molecule has 2 aliphatic heterocycles. The molecule has 2 atom stereocenters. The van der Waals surface area contributed by atoms with Crippen LogP contribution >= 0.6 is 0 Å². The predicted octanol–water partition coefficient (Wildman–Crippen LogP) is 1.52. The lowest BCUT2D eigenvalue weighted by molar-refractivity contribution is -0.148. The van der Waals surface area contributed by atoms with Crippen LogP contribution in [-0.2, 0) is 14.4 Å². The number of amides is 5. The maximum atomic E-state index is 13.4. The molecule has 0 radical (unpaired) electrons. The van der Waals surface area contributed by atoms with E-state index in [-0.39, 0.29) is 42.3 Å². The van der Waals surface area contributed by atoms with Gasteiger partial charge in [-0.25, -0.2) is 4.79 Å². The van der Waals surface area contributed by atoms with E-state index in [1.807, 2.05) is 0 Å². The van der Waals surface area contributed by atoms with Crippen LogP contribution in [0.25, 0.3) is 0 Å². The molecule has 0 aromatic carbocycles. The highest BCUT2D eigenvalue weighted by molar-refractivity contribution is 5.93. The second-order valence-electron chi connectivity index (χ2n) is 10.1. The summed E-state index contributed by atoms with van der Waals surface area (Å²) in [5, 5.41) is 8.79. The molecule has 0 spiro atoms. The standard InChI is InChI=1S/C24H39N5O4/c30-21-19(12-7-13-25-21)27-22(31)20-16-28(24(33)26-18-10-5-2-6-11-18)14-15-29(20)23(32)17-8-3-1-4-9-17/h17-20H,1-16H2,(H,25,30)(H,26,33)(H,27,31)/t19-,20+/m0/s1. The first-order valence-electron chi connectivity index (χ1n) is 13.0. The number of hydrogen-bond donors (Lipinski definition) is 3. The molecule has 2 heterocycles. The number of carbonyl (C=O) groups is 4. The molecule has 184 valence electrons. The molecule has 9 nitrogen and oxygen atoms in total. The monoisotopic (exact) mass is 461 g/mol. The third-order valence-electron chi connectivity index (χ3n) is 7.74. The molecule has 2 saturated heterocycles. The summed E-state index contributed by atoms with van der Waals surface area (Å²) in [5.74, 6) is -0.538. The Balaban J connectivity index is 1.44. The van der Waals surface area contributed by atoms with Gasteiger partial charge < -0.3 is 25.8 Å². The first kappa shape index (κ1) is 23.8. The van der Waals surface area contributed by atoms with Crippen LogP contribution in [0.1, 0.15) is 77.0 Å². The summed E-state index contributed by atoms with van der Waals surface area (Å²) in [6.45, 7) is 1.56. The van der Waals surface area contributed by atoms with Gasteiger partial charge in [-0.2, -0.15) is 0 Å². The van der Waals surface area contributed by atoms with E-state index in [9.17, 15) is 19.2 Å². The van der Waals surface area contributed by atoms with Gasteiger partial charge in [0.2, 0.25) is 17.7 Å². The van der Waals surface area contributed by atoms with Crippen LogP contribution in [0, 0.1) is 5.92 Å². The van der Waals surface area contributed by atoms with Gasteiger partial charge in [0.1, 0.15) is 12.1 Å². The summed E-state index contributed by atoms with van der Waals surface area (Å²) >= 11 is 0. The van der Waals surface area contributed by atoms with E-state index >= 15 is 0 Å². The van der Waals surface area contributed by atoms with Crippen molar-refractivity contribution >= 4 is 23.8 Å². The number of piperazine rings is 1. The highest BCUT2D eigenvalue weighted by Gasteiger charge is 2.40. The van der Waals surface area contributed by atoms with Crippen molar-refractivity contribution in [2.75, 3.05) is 26.2 Å². The SMILES string of the molecule is O=C1NCCC[C@@H]1NC(=O)[C@H]1CN(C(=O)NC2CCCCC2)CCN1C(=O)C1CCCCC1. The van der Waals surface area contributed by atoms with Gasteiger partial charge >= 0.3 is 6.03 Å². The maximum Gasteiger partial charge on any atom is 0.317 e. The fourth-order valence-corrected chi connectivity index (χ4v) is 5.73. The molecule has 33 heavy (non-hydrogen) atoms. The van der Waals surface area contributed by atoms with Gasteiger partial charge in [0.15, 0.2) is 0 Å². The molecule has 5 amide bonds. The van der Waals surface area contributed by atoms with Crippen LogP contribution < -0.4 is 16.0 Å². The Labute approximate surface area is 196 Å². The number of nitrogens with one attached hydrogen (secondary N) is 3. The Hall–Kier alpha value is -2.32. The van der Waals surface area contributed by atoms with Crippen molar-refractivity contribution < 1.29 is 19.2 Å². The first-order chi connectivity index (χ1) is 16.0. The van der Waals surface area contributed by atoms with Crippen LogP contribution in [0.15, 0.2) is 0 Å². The van der Waals surface area contributed by atoms with Crippen LogP contribution in [0.2, 0.25) is 0 Å². The van der Waals surface area contributed by atoms with E-state index in [0.29, 0.717) is 26.1 Å². The summed E-state index contributed by atoms with van der Waals surface area (Å²) in [6.07, 6.45) is 11.8. The number of urea groups is 1. The summed E-state index contributed by atoms with van der Waals surface area (Å²) in [5.41, 5.74) is 0. The Kier molecular flexibility index (Phi) is 8.09. The molecule has 0 bridgehead atoms. The van der Waals surface area contributed by atoms with E-state index in [1.54, 1.807) is 9.80 Å². The molecule has 3 N–H and O–H groups in total. The van der Waals surface area contributed by atoms with Gasteiger partial charge in [0.05, 0.1) is 6.54 Å². The van der Waals surface area contributed by atoms with Crippen molar-refractivity contribution in [2.45, 2.75) is 95.2 Å². The van der Waals surface area contributed by atoms with E-state index in [2.05, 4.69) is 16.0 Å². The molecule has 0 aromatic heterocycles. The minimum Gasteiger partial charge on any atom is -0.354 e. The van der Waals surface area contributed by atoms with Crippen LogP contribution in [-0.4, -0.2) is 77.9 Å². The van der Waals surface area contributed by atoms with E-state index in [0.717, 1.165) is 64.2 Å². The fraction of sp³-hybridized carbons (Fsp3) is 0.833. The summed E-state index contributed by atoms with van der Waals surface area (Å²) in [6, 6.07) is -1.31. The average molecular weight is 462 g/mol. The van der Waals surface area contributed by atoms with E-state index < -0.39 is 12.1 Å². The van der Waals surface area contributed by atoms with Crippen LogP contribution in [0.4, 0.5) is 4.79 Å². The molecule has 4 rings (SSSR count). The number of rotatable bonds is 4. The highest BCUT2D eigenvalue weighted by atomic mass is 16.2. The number of nitrogens with zero attached hydrogens (tertiary/aromatic N) is 2. The van der Waals surface area contributed by atoms with E-state index in [4.69, 9.17) is 0 Å². The van der Waals surface area contributed by atoms with Gasteiger partial charge in [-0.05, 0) is 38.5 Å². The van der Waals surface area contributed by atoms with Crippen molar-refractivity contribution in [1.29, 1.82) is 0 Å². The van der Waals surface area contributed by atoms with Gasteiger partial charge in [-0.1, -0.05) is 38.5 Å². The second kappa shape index (κ2) is 11.2. The topological polar surface area (TPSA) is 111 Å². The third-order valence-corrected chi connectivity index (χ3v) is 7.74. The second-order valence-corrected chi connectivity index (χ2v) is 10.1. The normalized spacial score (nSPS) is 27.6. The van der Waals surface area contributed by atoms with Gasteiger partial charge in [-0.15, -0.1) is 0 Å². The molecule has 4 aliphatic rings. The van der Waals surface area contributed by atoms with Gasteiger partial charge in [0, 0.05) is 31.6 Å². The largest absolute Gasteiger partial charge is 0.354 e. The van der Waals surface area contributed by atoms with Crippen LogP contribution in [0.3, 0.4) is 0 Å². The Morgan fingerprint density at radius 1 is 0.818 bits per heavy atom. The maximum absolute atomic E-state index is 13.4. The lowest BCUT2D eigenvalue weighted by Gasteiger charge is -2.43. The predicted molar refractivity (Wildman–Crippen MR) is 123 cm³/mol.